The van der Waals surface area contributed by atoms with Gasteiger partial charge in [0, 0.05) is 36.8 Å². The van der Waals surface area contributed by atoms with E-state index in [0.29, 0.717) is 28.9 Å². The van der Waals surface area contributed by atoms with Gasteiger partial charge in [-0.05, 0) is 74.7 Å². The zero-order valence-electron chi connectivity index (χ0n) is 16.5. The van der Waals surface area contributed by atoms with E-state index in [1.165, 1.54) is 25.7 Å². The van der Waals surface area contributed by atoms with Crippen LogP contribution < -0.4 is 5.32 Å². The van der Waals surface area contributed by atoms with Crippen molar-refractivity contribution in [1.82, 2.24) is 4.90 Å². The predicted octanol–water partition coefficient (Wildman–Crippen LogP) is 5.66. The van der Waals surface area contributed by atoms with Gasteiger partial charge in [0.1, 0.15) is 5.69 Å². The van der Waals surface area contributed by atoms with Crippen molar-refractivity contribution in [3.63, 3.8) is 0 Å². The zero-order chi connectivity index (χ0) is 19.2. The Morgan fingerprint density at radius 3 is 2.52 bits per heavy atom. The Hall–Kier alpha value is -1.17. The molecule has 1 saturated heterocycles. The summed E-state index contributed by atoms with van der Waals surface area (Å²) in [6.07, 6.45) is 8.66. The number of halogens is 1. The Kier molecular flexibility index (Phi) is 7.50. The number of likely N-dealkylation sites (tertiary alicyclic amines) is 1. The van der Waals surface area contributed by atoms with Crippen molar-refractivity contribution in [2.45, 2.75) is 77.0 Å². The lowest BCUT2D eigenvalue weighted by molar-refractivity contribution is 0.00428. The monoisotopic (exact) mass is 393 g/mol. The number of hydrogen-bond acceptors (Lipinski definition) is 5. The minimum absolute atomic E-state index is 0.381. The first-order chi connectivity index (χ1) is 13.1. The molecule has 2 fully saturated rings. The highest BCUT2D eigenvalue weighted by atomic mass is 35.5. The molecule has 1 saturated carbocycles. The summed E-state index contributed by atoms with van der Waals surface area (Å²) in [6.45, 7) is 7.24. The van der Waals surface area contributed by atoms with Crippen molar-refractivity contribution < 1.29 is 4.74 Å². The normalized spacial score (nSPS) is 24.7. The van der Waals surface area contributed by atoms with E-state index < -0.39 is 0 Å². The molecular weight excluding hydrogens is 362 g/mol. The molecule has 1 aromatic rings. The molecule has 5 nitrogen and oxygen atoms in total. The molecule has 1 aliphatic heterocycles. The van der Waals surface area contributed by atoms with Crippen LogP contribution in [0.5, 0.6) is 0 Å². The highest BCUT2D eigenvalue weighted by Crippen LogP contribution is 2.33. The molecule has 3 rings (SSSR count). The van der Waals surface area contributed by atoms with Crippen LogP contribution in [0.1, 0.15) is 57.4 Å². The van der Waals surface area contributed by atoms with E-state index in [1.807, 2.05) is 13.0 Å². The molecule has 27 heavy (non-hydrogen) atoms. The van der Waals surface area contributed by atoms with Crippen LogP contribution in [0, 0.1) is 11.8 Å². The van der Waals surface area contributed by atoms with E-state index in [0.717, 1.165) is 50.2 Å². The van der Waals surface area contributed by atoms with Gasteiger partial charge in [-0.25, -0.2) is 0 Å². The Morgan fingerprint density at radius 1 is 1.19 bits per heavy atom. The number of benzene rings is 1. The van der Waals surface area contributed by atoms with E-state index in [-0.39, 0.29) is 0 Å². The lowest BCUT2D eigenvalue weighted by Gasteiger charge is -2.41. The molecule has 0 unspecified atom stereocenters. The maximum atomic E-state index is 11.1. The number of nitrogens with one attached hydrogen (secondary N) is 1. The second-order valence-electron chi connectivity index (χ2n) is 7.97. The summed E-state index contributed by atoms with van der Waals surface area (Å²) in [5.74, 6) is 0. The van der Waals surface area contributed by atoms with Gasteiger partial charge in [0.25, 0.3) is 0 Å². The van der Waals surface area contributed by atoms with E-state index >= 15 is 0 Å². The molecule has 150 valence electrons. The quantitative estimate of drug-likeness (QED) is 0.607. The van der Waals surface area contributed by atoms with Gasteiger partial charge in [-0.15, -0.1) is 4.91 Å². The van der Waals surface area contributed by atoms with Crippen LogP contribution >= 0.6 is 11.6 Å². The van der Waals surface area contributed by atoms with Crippen molar-refractivity contribution in [1.29, 1.82) is 0 Å². The topological polar surface area (TPSA) is 53.9 Å². The van der Waals surface area contributed by atoms with Crippen LogP contribution in [-0.2, 0) is 4.74 Å². The fourth-order valence-corrected chi connectivity index (χ4v) is 4.51. The number of nitrogens with zero attached hydrogens (tertiary/aromatic N) is 2. The van der Waals surface area contributed by atoms with Gasteiger partial charge < -0.3 is 15.0 Å². The largest absolute Gasteiger partial charge is 0.380 e. The Balaban J connectivity index is 1.47. The van der Waals surface area contributed by atoms with E-state index in [9.17, 15) is 4.91 Å². The van der Waals surface area contributed by atoms with Gasteiger partial charge in [0.15, 0.2) is 0 Å². The lowest BCUT2D eigenvalue weighted by atomic mass is 9.90. The zero-order valence-corrected chi connectivity index (χ0v) is 17.3. The highest BCUT2D eigenvalue weighted by Gasteiger charge is 2.29. The molecule has 1 N–H and O–H groups in total. The van der Waals surface area contributed by atoms with Crippen molar-refractivity contribution >= 4 is 23.0 Å². The van der Waals surface area contributed by atoms with Crippen molar-refractivity contribution in [2.24, 2.45) is 5.18 Å². The summed E-state index contributed by atoms with van der Waals surface area (Å²) in [5, 5.41) is 7.25. The molecule has 6 heteroatoms. The molecule has 0 atom stereocenters. The average molecular weight is 394 g/mol. The molecule has 0 radical (unpaired) electrons. The number of rotatable bonds is 7. The summed E-state index contributed by atoms with van der Waals surface area (Å²) < 4.78 is 5.92. The van der Waals surface area contributed by atoms with Crippen LogP contribution in [0.25, 0.3) is 0 Å². The van der Waals surface area contributed by atoms with Crippen LogP contribution in [0.4, 0.5) is 11.4 Å². The van der Waals surface area contributed by atoms with Crippen molar-refractivity contribution in [3.05, 3.63) is 27.6 Å². The standard InChI is InChI=1S/C21H32ClN3O2/c1-3-12-27-18-6-4-17(5-7-18)25-10-8-16(9-11-25)23-20-13-15(2)19(22)14-21(20)24-26/h13-14,16-18,23H,3-12H2,1-2H3/t17-,18+. The summed E-state index contributed by atoms with van der Waals surface area (Å²) in [4.78, 5) is 13.8. The van der Waals surface area contributed by atoms with E-state index in [4.69, 9.17) is 16.3 Å². The molecule has 0 spiro atoms. The second-order valence-corrected chi connectivity index (χ2v) is 8.37. The maximum absolute atomic E-state index is 11.1. The summed E-state index contributed by atoms with van der Waals surface area (Å²) in [7, 11) is 0. The van der Waals surface area contributed by atoms with Gasteiger partial charge in [-0.2, -0.15) is 0 Å². The molecular formula is C21H32ClN3O2. The van der Waals surface area contributed by atoms with Gasteiger partial charge in [0.05, 0.1) is 11.8 Å². The average Bonchev–Trinajstić information content (AvgIpc) is 2.70. The fraction of sp³-hybridized carbons (Fsp3) is 0.714. The molecule has 0 aromatic heterocycles. The Bertz CT molecular complexity index is 624. The Morgan fingerprint density at radius 2 is 1.89 bits per heavy atom. The lowest BCUT2D eigenvalue weighted by Crippen LogP contribution is -2.46. The molecule has 0 bridgehead atoms. The van der Waals surface area contributed by atoms with Crippen LogP contribution in [0.3, 0.4) is 0 Å². The molecule has 1 aliphatic carbocycles. The first-order valence-corrected chi connectivity index (χ1v) is 10.7. The SMILES string of the molecule is CCCO[C@H]1CC[C@@H](N2CCC(Nc3cc(C)c(Cl)cc3N=O)CC2)CC1. The molecule has 1 heterocycles. The maximum Gasteiger partial charge on any atom is 0.132 e. The van der Waals surface area contributed by atoms with Crippen LogP contribution in [0.15, 0.2) is 17.3 Å². The van der Waals surface area contributed by atoms with Crippen LogP contribution in [0.2, 0.25) is 5.02 Å². The number of piperidine rings is 1. The van der Waals surface area contributed by atoms with E-state index in [1.54, 1.807) is 6.07 Å². The number of hydrogen-bond donors (Lipinski definition) is 1. The highest BCUT2D eigenvalue weighted by molar-refractivity contribution is 6.31. The first-order valence-electron chi connectivity index (χ1n) is 10.4. The fourth-order valence-electron chi connectivity index (χ4n) is 4.35. The minimum Gasteiger partial charge on any atom is -0.380 e. The van der Waals surface area contributed by atoms with Gasteiger partial charge >= 0.3 is 0 Å². The number of aryl methyl sites for hydroxylation is 1. The smallest absolute Gasteiger partial charge is 0.132 e. The first kappa shape index (κ1) is 20.6. The molecule has 0 amide bonds. The second kappa shape index (κ2) is 9.85. The minimum atomic E-state index is 0.381. The molecule has 2 aliphatic rings. The summed E-state index contributed by atoms with van der Waals surface area (Å²) in [5.41, 5.74) is 2.17. The summed E-state index contributed by atoms with van der Waals surface area (Å²) >= 11 is 6.11. The number of anilines is 1. The summed E-state index contributed by atoms with van der Waals surface area (Å²) in [6, 6.07) is 4.67. The Labute approximate surface area is 167 Å². The number of ether oxygens (including phenoxy) is 1. The van der Waals surface area contributed by atoms with Gasteiger partial charge in [-0.1, -0.05) is 18.5 Å². The predicted molar refractivity (Wildman–Crippen MR) is 112 cm³/mol. The third-order valence-corrected chi connectivity index (χ3v) is 6.39. The van der Waals surface area contributed by atoms with Crippen molar-refractivity contribution in [3.8, 4) is 0 Å². The van der Waals surface area contributed by atoms with E-state index in [2.05, 4.69) is 22.3 Å². The van der Waals surface area contributed by atoms with Gasteiger partial charge in [-0.3, -0.25) is 0 Å². The third-order valence-electron chi connectivity index (χ3n) is 5.98. The molecule has 1 aromatic carbocycles. The third kappa shape index (κ3) is 5.43. The van der Waals surface area contributed by atoms with Crippen LogP contribution in [-0.4, -0.2) is 42.8 Å². The van der Waals surface area contributed by atoms with Gasteiger partial charge in [0.2, 0.25) is 0 Å². The van der Waals surface area contributed by atoms with Crippen molar-refractivity contribution in [2.75, 3.05) is 25.0 Å². The number of nitroso groups, excluding NO2 is 1.